The van der Waals surface area contributed by atoms with Crippen LogP contribution in [0.3, 0.4) is 0 Å². The minimum Gasteiger partial charge on any atom is -0.325 e. The van der Waals surface area contributed by atoms with Crippen molar-refractivity contribution in [3.05, 3.63) is 54.4 Å². The zero-order chi connectivity index (χ0) is 19.1. The summed E-state index contributed by atoms with van der Waals surface area (Å²) >= 11 is 1.35. The first kappa shape index (κ1) is 18.6. The van der Waals surface area contributed by atoms with Gasteiger partial charge in [-0.05, 0) is 42.8 Å². The number of carbonyl (C=O) groups excluding carboxylic acids is 1. The lowest BCUT2D eigenvalue weighted by atomic mass is 10.2. The Morgan fingerprint density at radius 2 is 1.93 bits per heavy atom. The summed E-state index contributed by atoms with van der Waals surface area (Å²) in [6.07, 6.45) is 4.37. The summed E-state index contributed by atoms with van der Waals surface area (Å²) in [7, 11) is 0. The molecule has 1 amide bonds. The number of carbonyl (C=O) groups is 1. The van der Waals surface area contributed by atoms with Crippen LogP contribution in [-0.2, 0) is 11.3 Å². The Labute approximate surface area is 161 Å². The van der Waals surface area contributed by atoms with E-state index in [9.17, 15) is 4.79 Å². The highest BCUT2D eigenvalue weighted by Gasteiger charge is 2.15. The summed E-state index contributed by atoms with van der Waals surface area (Å²) < 4.78 is 2.02. The zero-order valence-corrected chi connectivity index (χ0v) is 15.6. The molecule has 27 heavy (non-hydrogen) atoms. The van der Waals surface area contributed by atoms with Crippen molar-refractivity contribution in [2.75, 3.05) is 11.1 Å². The smallest absolute Gasteiger partial charge is 0.234 e. The summed E-state index contributed by atoms with van der Waals surface area (Å²) in [4.78, 5) is 16.3. The van der Waals surface area contributed by atoms with Gasteiger partial charge in [-0.15, -0.1) is 10.2 Å². The number of aromatic nitrogens is 4. The van der Waals surface area contributed by atoms with Crippen LogP contribution in [0.2, 0.25) is 0 Å². The summed E-state index contributed by atoms with van der Waals surface area (Å²) in [5.41, 5.74) is 2.16. The second kappa shape index (κ2) is 8.96. The van der Waals surface area contributed by atoms with Crippen LogP contribution in [0.15, 0.2) is 53.9 Å². The number of nitrogens with one attached hydrogen (secondary N) is 1. The second-order valence-corrected chi connectivity index (χ2v) is 6.66. The number of nitriles is 1. The maximum Gasteiger partial charge on any atom is 0.234 e. The molecular formula is C19H18N6OS. The van der Waals surface area contributed by atoms with Gasteiger partial charge in [-0.25, -0.2) is 0 Å². The summed E-state index contributed by atoms with van der Waals surface area (Å²) in [5.74, 6) is 0.855. The lowest BCUT2D eigenvalue weighted by Gasteiger charge is -2.09. The molecular weight excluding hydrogens is 360 g/mol. The van der Waals surface area contributed by atoms with Gasteiger partial charge in [0.2, 0.25) is 5.91 Å². The summed E-state index contributed by atoms with van der Waals surface area (Å²) in [5, 5.41) is 20.9. The number of nitrogens with zero attached hydrogens (tertiary/aromatic N) is 5. The molecule has 3 rings (SSSR count). The number of anilines is 1. The van der Waals surface area contributed by atoms with Crippen LogP contribution in [0.1, 0.15) is 18.9 Å². The van der Waals surface area contributed by atoms with Gasteiger partial charge >= 0.3 is 0 Å². The van der Waals surface area contributed by atoms with Crippen LogP contribution in [0.5, 0.6) is 0 Å². The fourth-order valence-electron chi connectivity index (χ4n) is 2.49. The zero-order valence-electron chi connectivity index (χ0n) is 14.8. The number of rotatable bonds is 7. The van der Waals surface area contributed by atoms with Gasteiger partial charge in [0.1, 0.15) is 0 Å². The van der Waals surface area contributed by atoms with Crippen LogP contribution >= 0.6 is 11.8 Å². The summed E-state index contributed by atoms with van der Waals surface area (Å²) in [6, 6.07) is 12.6. The van der Waals surface area contributed by atoms with E-state index in [1.807, 2.05) is 22.8 Å². The third kappa shape index (κ3) is 4.71. The Morgan fingerprint density at radius 1 is 1.19 bits per heavy atom. The first-order valence-corrected chi connectivity index (χ1v) is 9.46. The molecule has 136 valence electrons. The van der Waals surface area contributed by atoms with Crippen LogP contribution in [-0.4, -0.2) is 31.4 Å². The number of amides is 1. The van der Waals surface area contributed by atoms with E-state index in [0.717, 1.165) is 24.4 Å². The van der Waals surface area contributed by atoms with Crippen molar-refractivity contribution >= 4 is 23.4 Å². The van der Waals surface area contributed by atoms with Crippen LogP contribution in [0, 0.1) is 11.3 Å². The van der Waals surface area contributed by atoms with Crippen molar-refractivity contribution in [3.8, 4) is 17.5 Å². The SMILES string of the molecule is CCCn1c(SCC(=O)Nc2ccc(C#N)cc2)nnc1-c1ccncc1. The van der Waals surface area contributed by atoms with E-state index in [1.165, 1.54) is 11.8 Å². The van der Waals surface area contributed by atoms with Gasteiger partial charge in [0.05, 0.1) is 17.4 Å². The molecule has 0 radical (unpaired) electrons. The van der Waals surface area contributed by atoms with Gasteiger partial charge in [0, 0.05) is 30.2 Å². The minimum absolute atomic E-state index is 0.138. The number of pyridine rings is 1. The highest BCUT2D eigenvalue weighted by atomic mass is 32.2. The molecule has 0 atom stereocenters. The van der Waals surface area contributed by atoms with E-state index < -0.39 is 0 Å². The number of hydrogen-bond donors (Lipinski definition) is 1. The molecule has 0 spiro atoms. The largest absolute Gasteiger partial charge is 0.325 e. The van der Waals surface area contributed by atoms with Gasteiger partial charge in [-0.3, -0.25) is 9.78 Å². The van der Waals surface area contributed by atoms with Crippen LogP contribution in [0.4, 0.5) is 5.69 Å². The van der Waals surface area contributed by atoms with Crippen molar-refractivity contribution in [1.82, 2.24) is 19.7 Å². The quantitative estimate of drug-likeness (QED) is 0.633. The normalized spacial score (nSPS) is 10.4. The molecule has 0 saturated carbocycles. The third-order valence-electron chi connectivity index (χ3n) is 3.73. The fourth-order valence-corrected chi connectivity index (χ4v) is 3.25. The third-order valence-corrected chi connectivity index (χ3v) is 4.70. The first-order chi connectivity index (χ1) is 13.2. The van der Waals surface area contributed by atoms with Gasteiger partial charge in [-0.1, -0.05) is 18.7 Å². The van der Waals surface area contributed by atoms with E-state index in [0.29, 0.717) is 16.4 Å². The van der Waals surface area contributed by atoms with Crippen molar-refractivity contribution in [2.45, 2.75) is 25.0 Å². The maximum absolute atomic E-state index is 12.2. The molecule has 0 aliphatic rings. The lowest BCUT2D eigenvalue weighted by molar-refractivity contribution is -0.113. The van der Waals surface area contributed by atoms with Gasteiger partial charge in [-0.2, -0.15) is 5.26 Å². The van der Waals surface area contributed by atoms with Crippen molar-refractivity contribution < 1.29 is 4.79 Å². The Morgan fingerprint density at radius 3 is 2.59 bits per heavy atom. The Bertz CT molecular complexity index is 947. The predicted molar refractivity (Wildman–Crippen MR) is 104 cm³/mol. The van der Waals surface area contributed by atoms with Crippen molar-refractivity contribution in [2.24, 2.45) is 0 Å². The van der Waals surface area contributed by atoms with Crippen LogP contribution in [0.25, 0.3) is 11.4 Å². The van der Waals surface area contributed by atoms with E-state index in [1.54, 1.807) is 36.7 Å². The van der Waals surface area contributed by atoms with E-state index >= 15 is 0 Å². The molecule has 1 N–H and O–H groups in total. The predicted octanol–water partition coefficient (Wildman–Crippen LogP) is 3.35. The van der Waals surface area contributed by atoms with E-state index in [-0.39, 0.29) is 11.7 Å². The molecule has 0 saturated heterocycles. The van der Waals surface area contributed by atoms with Crippen LogP contribution < -0.4 is 5.32 Å². The lowest BCUT2D eigenvalue weighted by Crippen LogP contribution is -2.14. The first-order valence-electron chi connectivity index (χ1n) is 8.47. The van der Waals surface area contributed by atoms with Crippen molar-refractivity contribution in [3.63, 3.8) is 0 Å². The Balaban J connectivity index is 1.67. The highest BCUT2D eigenvalue weighted by molar-refractivity contribution is 7.99. The molecule has 7 nitrogen and oxygen atoms in total. The van der Waals surface area contributed by atoms with E-state index in [4.69, 9.17) is 5.26 Å². The standard InChI is InChI=1S/C19H18N6OS/c1-2-11-25-18(15-7-9-21-10-8-15)23-24-19(25)27-13-17(26)22-16-5-3-14(12-20)4-6-16/h3-10H,2,11,13H2,1H3,(H,22,26). The number of thioether (sulfide) groups is 1. The summed E-state index contributed by atoms with van der Waals surface area (Å²) in [6.45, 7) is 2.85. The van der Waals surface area contributed by atoms with Gasteiger partial charge in [0.15, 0.2) is 11.0 Å². The van der Waals surface area contributed by atoms with E-state index in [2.05, 4.69) is 27.4 Å². The fraction of sp³-hybridized carbons (Fsp3) is 0.211. The van der Waals surface area contributed by atoms with Gasteiger partial charge in [0.25, 0.3) is 0 Å². The molecule has 0 bridgehead atoms. The Hall–Kier alpha value is -3.18. The molecule has 8 heteroatoms. The molecule has 0 aliphatic carbocycles. The molecule has 2 aromatic heterocycles. The highest BCUT2D eigenvalue weighted by Crippen LogP contribution is 2.24. The Kier molecular flexibility index (Phi) is 6.18. The maximum atomic E-state index is 12.2. The molecule has 0 unspecified atom stereocenters. The molecule has 2 heterocycles. The average Bonchev–Trinajstić information content (AvgIpc) is 3.10. The number of benzene rings is 1. The van der Waals surface area contributed by atoms with Gasteiger partial charge < -0.3 is 9.88 Å². The average molecular weight is 378 g/mol. The monoisotopic (exact) mass is 378 g/mol. The molecule has 1 aromatic carbocycles. The van der Waals surface area contributed by atoms with Crippen molar-refractivity contribution in [1.29, 1.82) is 5.26 Å². The number of hydrogen-bond acceptors (Lipinski definition) is 6. The molecule has 0 aliphatic heterocycles. The minimum atomic E-state index is -0.138. The second-order valence-electron chi connectivity index (χ2n) is 5.72. The molecule has 3 aromatic rings. The molecule has 0 fully saturated rings. The topological polar surface area (TPSA) is 96.5 Å².